The average Bonchev–Trinajstić information content (AvgIpc) is 2.79. The van der Waals surface area contributed by atoms with E-state index >= 15 is 0 Å². The number of carbonyl (C=O) groups excluding carboxylic acids is 1. The van der Waals surface area contributed by atoms with Crippen molar-refractivity contribution in [2.24, 2.45) is 0 Å². The van der Waals surface area contributed by atoms with Gasteiger partial charge in [-0.25, -0.2) is 9.78 Å². The minimum absolute atomic E-state index is 0.402. The summed E-state index contributed by atoms with van der Waals surface area (Å²) in [5.74, 6) is 1.49. The third-order valence-electron chi connectivity index (χ3n) is 2.81. The molecule has 2 rings (SSSR count). The summed E-state index contributed by atoms with van der Waals surface area (Å²) in [6.07, 6.45) is 3.86. The molecule has 0 aromatic carbocycles. The third-order valence-corrected chi connectivity index (χ3v) is 2.81. The van der Waals surface area contributed by atoms with Gasteiger partial charge in [-0.1, -0.05) is 0 Å². The van der Waals surface area contributed by atoms with Crippen LogP contribution in [0.25, 0.3) is 5.65 Å². The number of rotatable bonds is 5. The Labute approximate surface area is 129 Å². The summed E-state index contributed by atoms with van der Waals surface area (Å²) in [5.41, 5.74) is 0.216. The number of aryl methyl sites for hydroxylation is 1. The summed E-state index contributed by atoms with van der Waals surface area (Å²) < 4.78 is 7.03. The number of carbonyl (C=O) groups is 1. The molecule has 0 bridgehead atoms. The van der Waals surface area contributed by atoms with Crippen LogP contribution in [0.15, 0.2) is 12.4 Å². The largest absolute Gasteiger partial charge is 0.444 e. The highest BCUT2D eigenvalue weighted by Gasteiger charge is 2.15. The van der Waals surface area contributed by atoms with Gasteiger partial charge in [-0.15, -0.1) is 10.2 Å². The lowest BCUT2D eigenvalue weighted by atomic mass is 10.2. The van der Waals surface area contributed by atoms with E-state index in [9.17, 15) is 4.79 Å². The summed E-state index contributed by atoms with van der Waals surface area (Å²) in [6.45, 7) is 8.57. The molecule has 0 unspecified atom stereocenters. The van der Waals surface area contributed by atoms with Gasteiger partial charge in [-0.05, 0) is 34.1 Å². The molecule has 0 aliphatic heterocycles. The van der Waals surface area contributed by atoms with Crippen LogP contribution in [-0.4, -0.2) is 44.4 Å². The normalized spacial score (nSPS) is 11.5. The second-order valence-corrected chi connectivity index (χ2v) is 5.93. The number of anilines is 1. The van der Waals surface area contributed by atoms with E-state index in [-0.39, 0.29) is 0 Å². The van der Waals surface area contributed by atoms with Crippen molar-refractivity contribution >= 4 is 17.6 Å². The number of alkyl carbamates (subject to hydrolysis) is 1. The van der Waals surface area contributed by atoms with Gasteiger partial charge in [0.1, 0.15) is 11.4 Å². The Kier molecular flexibility index (Phi) is 4.79. The van der Waals surface area contributed by atoms with Crippen molar-refractivity contribution in [2.75, 3.05) is 18.4 Å². The highest BCUT2D eigenvalue weighted by Crippen LogP contribution is 2.11. The van der Waals surface area contributed by atoms with Gasteiger partial charge in [-0.3, -0.25) is 4.40 Å². The van der Waals surface area contributed by atoms with Gasteiger partial charge in [0.2, 0.25) is 5.65 Å². The summed E-state index contributed by atoms with van der Waals surface area (Å²) >= 11 is 0. The van der Waals surface area contributed by atoms with Crippen LogP contribution in [-0.2, 0) is 4.74 Å². The second kappa shape index (κ2) is 6.59. The summed E-state index contributed by atoms with van der Waals surface area (Å²) in [5, 5.41) is 14.0. The van der Waals surface area contributed by atoms with Gasteiger partial charge in [0.15, 0.2) is 5.82 Å². The summed E-state index contributed by atoms with van der Waals surface area (Å²) in [6, 6.07) is 0. The number of fused-ring (bicyclic) bond motifs is 1. The lowest BCUT2D eigenvalue weighted by Crippen LogP contribution is -2.33. The Morgan fingerprint density at radius 1 is 1.32 bits per heavy atom. The lowest BCUT2D eigenvalue weighted by Gasteiger charge is -2.19. The van der Waals surface area contributed by atoms with Gasteiger partial charge in [-0.2, -0.15) is 0 Å². The molecule has 8 nitrogen and oxygen atoms in total. The molecule has 22 heavy (non-hydrogen) atoms. The molecule has 0 aliphatic rings. The monoisotopic (exact) mass is 306 g/mol. The fraction of sp³-hybridized carbons (Fsp3) is 0.571. The van der Waals surface area contributed by atoms with Crippen LogP contribution in [0.2, 0.25) is 0 Å². The Balaban J connectivity index is 1.76. The first kappa shape index (κ1) is 16.0. The van der Waals surface area contributed by atoms with E-state index in [1.807, 2.05) is 38.3 Å². The number of aromatic nitrogens is 4. The van der Waals surface area contributed by atoms with Crippen molar-refractivity contribution in [3.8, 4) is 0 Å². The molecule has 1 amide bonds. The van der Waals surface area contributed by atoms with Gasteiger partial charge in [0, 0.05) is 25.5 Å². The molecule has 8 heteroatoms. The number of nitrogens with zero attached hydrogens (tertiary/aromatic N) is 4. The molecule has 2 N–H and O–H groups in total. The van der Waals surface area contributed by atoms with E-state index in [0.29, 0.717) is 24.6 Å². The van der Waals surface area contributed by atoms with E-state index in [1.54, 1.807) is 6.20 Å². The predicted molar refractivity (Wildman–Crippen MR) is 82.9 cm³/mol. The van der Waals surface area contributed by atoms with Crippen molar-refractivity contribution in [3.63, 3.8) is 0 Å². The number of hydrogen-bond acceptors (Lipinski definition) is 6. The summed E-state index contributed by atoms with van der Waals surface area (Å²) in [4.78, 5) is 15.7. The first-order valence-electron chi connectivity index (χ1n) is 7.24. The smallest absolute Gasteiger partial charge is 0.407 e. The molecule has 0 aliphatic carbocycles. The second-order valence-electron chi connectivity index (χ2n) is 5.93. The van der Waals surface area contributed by atoms with Crippen LogP contribution >= 0.6 is 0 Å². The zero-order chi connectivity index (χ0) is 16.2. The van der Waals surface area contributed by atoms with Crippen molar-refractivity contribution < 1.29 is 9.53 Å². The topological polar surface area (TPSA) is 93.4 Å². The maximum Gasteiger partial charge on any atom is 0.407 e. The van der Waals surface area contributed by atoms with Crippen LogP contribution in [0.5, 0.6) is 0 Å². The number of amides is 1. The molecule has 2 aromatic heterocycles. The van der Waals surface area contributed by atoms with Crippen LogP contribution in [0.1, 0.15) is 33.0 Å². The molecular weight excluding hydrogens is 284 g/mol. The van der Waals surface area contributed by atoms with Gasteiger partial charge >= 0.3 is 6.09 Å². The number of hydrogen-bond donors (Lipinski definition) is 2. The van der Waals surface area contributed by atoms with E-state index < -0.39 is 11.7 Å². The fourth-order valence-electron chi connectivity index (χ4n) is 1.87. The van der Waals surface area contributed by atoms with Crippen molar-refractivity contribution in [3.05, 3.63) is 18.2 Å². The van der Waals surface area contributed by atoms with Gasteiger partial charge in [0.05, 0.1) is 0 Å². The first-order valence-corrected chi connectivity index (χ1v) is 7.24. The van der Waals surface area contributed by atoms with E-state index in [4.69, 9.17) is 4.74 Å². The van der Waals surface area contributed by atoms with Crippen LogP contribution in [0.3, 0.4) is 0 Å². The number of ether oxygens (including phenoxy) is 1. The molecule has 0 spiro atoms. The third kappa shape index (κ3) is 4.31. The van der Waals surface area contributed by atoms with Crippen LogP contribution < -0.4 is 10.6 Å². The fourth-order valence-corrected chi connectivity index (χ4v) is 1.87. The SMILES string of the molecule is Cc1nnc2c(NCCCNC(=O)OC(C)(C)C)nccn12. The molecule has 0 saturated heterocycles. The minimum atomic E-state index is -0.479. The molecular formula is C14H22N6O2. The zero-order valence-corrected chi connectivity index (χ0v) is 13.4. The van der Waals surface area contributed by atoms with Crippen molar-refractivity contribution in [2.45, 2.75) is 39.7 Å². The molecule has 120 valence electrons. The quantitative estimate of drug-likeness (QED) is 0.818. The first-order chi connectivity index (χ1) is 10.4. The highest BCUT2D eigenvalue weighted by atomic mass is 16.6. The summed E-state index contributed by atoms with van der Waals surface area (Å²) in [7, 11) is 0. The Hall–Kier alpha value is -2.38. The van der Waals surface area contributed by atoms with Crippen LogP contribution in [0.4, 0.5) is 10.6 Å². The molecule has 0 fully saturated rings. The lowest BCUT2D eigenvalue weighted by molar-refractivity contribution is 0.0528. The van der Waals surface area contributed by atoms with Gasteiger partial charge in [0.25, 0.3) is 0 Å². The van der Waals surface area contributed by atoms with E-state index in [1.165, 1.54) is 0 Å². The average molecular weight is 306 g/mol. The Morgan fingerprint density at radius 3 is 2.82 bits per heavy atom. The maximum atomic E-state index is 11.5. The Bertz CT molecular complexity index is 646. The minimum Gasteiger partial charge on any atom is -0.444 e. The molecule has 2 heterocycles. The van der Waals surface area contributed by atoms with Crippen molar-refractivity contribution in [1.29, 1.82) is 0 Å². The van der Waals surface area contributed by atoms with E-state index in [2.05, 4.69) is 25.8 Å². The molecule has 0 saturated carbocycles. The van der Waals surface area contributed by atoms with Crippen LogP contribution in [0, 0.1) is 6.92 Å². The standard InChI is InChI=1S/C14H22N6O2/c1-10-18-19-12-11(16-8-9-20(10)12)15-6-5-7-17-13(21)22-14(2,3)4/h8-9H,5-7H2,1-4H3,(H,15,16)(H,17,21). The molecule has 0 radical (unpaired) electrons. The van der Waals surface area contributed by atoms with E-state index in [0.717, 1.165) is 12.2 Å². The van der Waals surface area contributed by atoms with Crippen molar-refractivity contribution in [1.82, 2.24) is 24.9 Å². The maximum absolute atomic E-state index is 11.5. The molecule has 0 atom stereocenters. The van der Waals surface area contributed by atoms with Gasteiger partial charge < -0.3 is 15.4 Å². The Morgan fingerprint density at radius 2 is 2.09 bits per heavy atom. The highest BCUT2D eigenvalue weighted by molar-refractivity contribution is 5.67. The number of nitrogens with one attached hydrogen (secondary N) is 2. The predicted octanol–water partition coefficient (Wildman–Crippen LogP) is 1.76. The molecule has 2 aromatic rings. The zero-order valence-electron chi connectivity index (χ0n) is 13.4.